The van der Waals surface area contributed by atoms with E-state index in [1.807, 2.05) is 0 Å². The van der Waals surface area contributed by atoms with Crippen molar-refractivity contribution >= 4 is 31.8 Å². The molecule has 0 bridgehead atoms. The van der Waals surface area contributed by atoms with Gasteiger partial charge >= 0.3 is 15.6 Å². The van der Waals surface area contributed by atoms with Crippen LogP contribution < -0.4 is 8.92 Å². The minimum Gasteiger partial charge on any atom is -0.456 e. The molecule has 4 aromatic rings. The molecule has 0 unspecified atom stereocenters. The summed E-state index contributed by atoms with van der Waals surface area (Å²) in [5.74, 6) is -2.39. The number of alkyl halides is 3. The third-order valence-corrected chi connectivity index (χ3v) is 5.70. The van der Waals surface area contributed by atoms with E-state index >= 15 is 0 Å². The van der Waals surface area contributed by atoms with E-state index in [9.17, 15) is 30.4 Å². The van der Waals surface area contributed by atoms with Crippen molar-refractivity contribution in [2.24, 2.45) is 0 Å². The molecule has 0 radical (unpaired) electrons. The summed E-state index contributed by atoms with van der Waals surface area (Å²) >= 11 is 0. The molecular formula is C20H8F5NO4S. The molecule has 3 aromatic carbocycles. The molecule has 1 aliphatic heterocycles. The van der Waals surface area contributed by atoms with Gasteiger partial charge in [0.1, 0.15) is 17.3 Å². The highest BCUT2D eigenvalue weighted by Crippen LogP contribution is 2.47. The zero-order chi connectivity index (χ0) is 22.1. The predicted octanol–water partition coefficient (Wildman–Crippen LogP) is 5.67. The Labute approximate surface area is 170 Å². The summed E-state index contributed by atoms with van der Waals surface area (Å²) in [5, 5.41) is 1.05. The molecule has 0 spiro atoms. The Bertz CT molecular complexity index is 1520. The van der Waals surface area contributed by atoms with Gasteiger partial charge in [0.25, 0.3) is 0 Å². The van der Waals surface area contributed by atoms with Gasteiger partial charge in [-0.1, -0.05) is 12.1 Å². The van der Waals surface area contributed by atoms with Gasteiger partial charge in [-0.05, 0) is 35.7 Å². The summed E-state index contributed by atoms with van der Waals surface area (Å²) < 4.78 is 98.6. The van der Waals surface area contributed by atoms with Crippen LogP contribution in [0.15, 0.2) is 48.5 Å². The van der Waals surface area contributed by atoms with Crippen LogP contribution in [0.1, 0.15) is 0 Å². The fourth-order valence-electron chi connectivity index (χ4n) is 3.43. The molecule has 158 valence electrons. The summed E-state index contributed by atoms with van der Waals surface area (Å²) in [7, 11) is -6.09. The topological polar surface area (TPSA) is 65.5 Å². The second-order valence-electron chi connectivity index (χ2n) is 6.66. The quantitative estimate of drug-likeness (QED) is 0.149. The van der Waals surface area contributed by atoms with Crippen molar-refractivity contribution in [3.05, 3.63) is 60.2 Å². The maximum Gasteiger partial charge on any atom is 0.534 e. The van der Waals surface area contributed by atoms with Gasteiger partial charge in [0.05, 0.1) is 16.6 Å². The lowest BCUT2D eigenvalue weighted by Gasteiger charge is -2.21. The van der Waals surface area contributed by atoms with E-state index in [1.54, 1.807) is 18.2 Å². The van der Waals surface area contributed by atoms with Gasteiger partial charge in [0.15, 0.2) is 11.6 Å². The molecule has 31 heavy (non-hydrogen) atoms. The minimum absolute atomic E-state index is 0.0504. The molecule has 0 fully saturated rings. The maximum absolute atomic E-state index is 14.5. The highest BCUT2D eigenvalue weighted by atomic mass is 32.2. The molecule has 0 amide bonds. The van der Waals surface area contributed by atoms with E-state index in [4.69, 9.17) is 4.74 Å². The second kappa shape index (κ2) is 6.27. The second-order valence-corrected chi connectivity index (χ2v) is 8.20. The molecule has 0 aliphatic carbocycles. The van der Waals surface area contributed by atoms with Crippen LogP contribution >= 0.6 is 0 Å². The Balaban J connectivity index is 1.81. The van der Waals surface area contributed by atoms with Crippen LogP contribution in [0.25, 0.3) is 32.9 Å². The van der Waals surface area contributed by atoms with E-state index in [1.165, 1.54) is 18.2 Å². The number of rotatable bonds is 2. The Morgan fingerprint density at radius 1 is 0.935 bits per heavy atom. The number of fused-ring (bicyclic) bond motifs is 4. The average molecular weight is 453 g/mol. The molecule has 2 heterocycles. The number of halogens is 5. The molecule has 1 aliphatic rings. The van der Waals surface area contributed by atoms with Gasteiger partial charge in [0, 0.05) is 17.0 Å². The number of benzene rings is 3. The van der Waals surface area contributed by atoms with E-state index in [2.05, 4.69) is 9.17 Å². The first kappa shape index (κ1) is 19.5. The van der Waals surface area contributed by atoms with Crippen LogP contribution in [0, 0.1) is 11.6 Å². The number of nitrogens with zero attached hydrogens (tertiary/aromatic N) is 1. The van der Waals surface area contributed by atoms with E-state index in [0.29, 0.717) is 22.3 Å². The normalized spacial score (nSPS) is 13.2. The molecule has 11 heteroatoms. The van der Waals surface area contributed by atoms with Gasteiger partial charge in [0.2, 0.25) is 0 Å². The van der Waals surface area contributed by atoms with Crippen LogP contribution in [0.5, 0.6) is 17.2 Å². The smallest absolute Gasteiger partial charge is 0.456 e. The summed E-state index contributed by atoms with van der Waals surface area (Å²) in [6.45, 7) is 0. The van der Waals surface area contributed by atoms with Gasteiger partial charge in [-0.3, -0.25) is 0 Å². The Morgan fingerprint density at radius 3 is 2.45 bits per heavy atom. The van der Waals surface area contributed by atoms with Gasteiger partial charge < -0.3 is 8.92 Å². The third-order valence-electron chi connectivity index (χ3n) is 4.74. The van der Waals surface area contributed by atoms with Gasteiger partial charge in [-0.15, -0.1) is 0 Å². The van der Waals surface area contributed by atoms with Gasteiger partial charge in [-0.25, -0.2) is 13.8 Å². The monoisotopic (exact) mass is 453 g/mol. The molecule has 0 saturated carbocycles. The maximum atomic E-state index is 14.5. The minimum atomic E-state index is -6.09. The highest BCUT2D eigenvalue weighted by Gasteiger charge is 2.49. The largest absolute Gasteiger partial charge is 0.534 e. The number of pyridine rings is 1. The predicted molar refractivity (Wildman–Crippen MR) is 100 cm³/mol. The van der Waals surface area contributed by atoms with Crippen molar-refractivity contribution in [3.63, 3.8) is 0 Å². The number of aromatic nitrogens is 1. The van der Waals surface area contributed by atoms with E-state index < -0.39 is 33.0 Å². The lowest BCUT2D eigenvalue weighted by atomic mass is 9.96. The SMILES string of the molecule is O=S(=O)(Oc1cc2nc3c4c(cccc4c2cc1F)Oc1ccc(F)cc1-3)C(F)(F)F. The van der Waals surface area contributed by atoms with Crippen molar-refractivity contribution in [2.75, 3.05) is 0 Å². The summed E-state index contributed by atoms with van der Waals surface area (Å²) in [5.41, 5.74) is -5.26. The van der Waals surface area contributed by atoms with Crippen molar-refractivity contribution in [1.29, 1.82) is 0 Å². The molecular weight excluding hydrogens is 445 g/mol. The zero-order valence-corrected chi connectivity index (χ0v) is 15.8. The molecule has 0 atom stereocenters. The Hall–Kier alpha value is -3.47. The molecule has 0 saturated heterocycles. The van der Waals surface area contributed by atoms with Crippen molar-refractivity contribution in [1.82, 2.24) is 4.98 Å². The highest BCUT2D eigenvalue weighted by molar-refractivity contribution is 7.88. The van der Waals surface area contributed by atoms with Crippen LogP contribution in [-0.2, 0) is 10.1 Å². The zero-order valence-electron chi connectivity index (χ0n) is 15.0. The number of ether oxygens (including phenoxy) is 1. The summed E-state index contributed by atoms with van der Waals surface area (Å²) in [6.07, 6.45) is 0. The van der Waals surface area contributed by atoms with Crippen LogP contribution in [0.3, 0.4) is 0 Å². The number of hydrogen-bond donors (Lipinski definition) is 0. The standard InChI is InChI=1S/C20H8F5NO4S/c21-9-4-5-15-12(6-9)19-18-10(2-1-3-16(18)29-15)11-7-13(22)17(8-14(11)26-19)30-31(27,28)20(23,24)25/h1-8H. The third kappa shape index (κ3) is 2.95. The summed E-state index contributed by atoms with van der Waals surface area (Å²) in [6, 6.07) is 10.2. The lowest BCUT2D eigenvalue weighted by molar-refractivity contribution is -0.0500. The first-order valence-electron chi connectivity index (χ1n) is 8.60. The van der Waals surface area contributed by atoms with E-state index in [-0.39, 0.29) is 22.2 Å². The lowest BCUT2D eigenvalue weighted by Crippen LogP contribution is -2.28. The fourth-order valence-corrected chi connectivity index (χ4v) is 3.89. The van der Waals surface area contributed by atoms with Crippen LogP contribution in [0.4, 0.5) is 22.0 Å². The summed E-state index contributed by atoms with van der Waals surface area (Å²) in [4.78, 5) is 4.34. The average Bonchev–Trinajstić information content (AvgIpc) is 2.68. The molecule has 5 rings (SSSR count). The molecule has 0 N–H and O–H groups in total. The van der Waals surface area contributed by atoms with Crippen molar-refractivity contribution in [2.45, 2.75) is 5.51 Å². The first-order chi connectivity index (χ1) is 14.5. The first-order valence-corrected chi connectivity index (χ1v) is 10.0. The fraction of sp³-hybridized carbons (Fsp3) is 0.0500. The molecule has 1 aromatic heterocycles. The van der Waals surface area contributed by atoms with Gasteiger partial charge in [-0.2, -0.15) is 21.6 Å². The number of hydrogen-bond acceptors (Lipinski definition) is 5. The van der Waals surface area contributed by atoms with E-state index in [0.717, 1.165) is 12.1 Å². The van der Waals surface area contributed by atoms with Crippen molar-refractivity contribution in [3.8, 4) is 28.5 Å². The van der Waals surface area contributed by atoms with Crippen molar-refractivity contribution < 1.29 is 39.3 Å². The Morgan fingerprint density at radius 2 is 1.71 bits per heavy atom. The Kier molecular flexibility index (Phi) is 3.94. The molecule has 5 nitrogen and oxygen atoms in total. The van der Waals surface area contributed by atoms with Crippen LogP contribution in [0.2, 0.25) is 0 Å². The van der Waals surface area contributed by atoms with Crippen LogP contribution in [-0.4, -0.2) is 18.9 Å².